The Kier molecular flexibility index (Phi) is 5.15. The van der Waals surface area contributed by atoms with Gasteiger partial charge in [0.05, 0.1) is 19.7 Å². The van der Waals surface area contributed by atoms with Crippen molar-refractivity contribution in [1.29, 1.82) is 0 Å². The summed E-state index contributed by atoms with van der Waals surface area (Å²) >= 11 is 3.46. The maximum Gasteiger partial charge on any atom is 0.162 e. The van der Waals surface area contributed by atoms with Crippen LogP contribution in [0.25, 0.3) is 10.9 Å². The lowest BCUT2D eigenvalue weighted by atomic mass is 10.1. The smallest absolute Gasteiger partial charge is 0.162 e. The molecule has 0 bridgehead atoms. The molecule has 1 N–H and O–H groups in total. The Labute approximate surface area is 149 Å². The number of methoxy groups -OCH3 is 2. The molecule has 6 heteroatoms. The van der Waals surface area contributed by atoms with Crippen LogP contribution in [0.5, 0.6) is 11.5 Å². The van der Waals surface area contributed by atoms with Crippen LogP contribution in [0.2, 0.25) is 0 Å². The summed E-state index contributed by atoms with van der Waals surface area (Å²) < 4.78 is 10.7. The van der Waals surface area contributed by atoms with E-state index in [1.807, 2.05) is 24.3 Å². The number of nitrogens with zero attached hydrogens (tertiary/aromatic N) is 2. The van der Waals surface area contributed by atoms with E-state index in [1.54, 1.807) is 14.2 Å². The standard InChI is InChI=1S/C18H18BrN3O2/c1-23-16-9-14-15(10-17(16)24-2)20-11-21-18(14)22-13-5-3-12(4-6-13)7-8-19/h3-6,9-11H,7-8H2,1-2H3,(H,20,21,22). The third kappa shape index (κ3) is 3.43. The van der Waals surface area contributed by atoms with Gasteiger partial charge in [0, 0.05) is 22.5 Å². The molecule has 0 atom stereocenters. The van der Waals surface area contributed by atoms with Crippen LogP contribution >= 0.6 is 15.9 Å². The number of halogens is 1. The van der Waals surface area contributed by atoms with E-state index in [9.17, 15) is 0 Å². The number of ether oxygens (including phenoxy) is 2. The molecular weight excluding hydrogens is 370 g/mol. The second-order valence-electron chi connectivity index (χ2n) is 5.21. The highest BCUT2D eigenvalue weighted by molar-refractivity contribution is 9.09. The van der Waals surface area contributed by atoms with Crippen LogP contribution in [0.3, 0.4) is 0 Å². The third-order valence-electron chi connectivity index (χ3n) is 3.74. The van der Waals surface area contributed by atoms with Crippen LogP contribution in [0.1, 0.15) is 5.56 Å². The van der Waals surface area contributed by atoms with Gasteiger partial charge in [-0.25, -0.2) is 9.97 Å². The first-order chi connectivity index (χ1) is 11.7. The zero-order chi connectivity index (χ0) is 16.9. The van der Waals surface area contributed by atoms with E-state index in [2.05, 4.69) is 43.3 Å². The van der Waals surface area contributed by atoms with Crippen molar-refractivity contribution in [1.82, 2.24) is 9.97 Å². The van der Waals surface area contributed by atoms with Gasteiger partial charge in [0.2, 0.25) is 0 Å². The van der Waals surface area contributed by atoms with Crippen molar-refractivity contribution in [2.75, 3.05) is 24.9 Å². The van der Waals surface area contributed by atoms with Crippen LogP contribution in [0.4, 0.5) is 11.5 Å². The molecule has 0 aliphatic heterocycles. The predicted octanol–water partition coefficient (Wildman–Crippen LogP) is 4.33. The van der Waals surface area contributed by atoms with Crippen molar-refractivity contribution in [3.63, 3.8) is 0 Å². The summed E-state index contributed by atoms with van der Waals surface area (Å²) in [5.74, 6) is 2.03. The van der Waals surface area contributed by atoms with Crippen LogP contribution in [-0.2, 0) is 6.42 Å². The summed E-state index contributed by atoms with van der Waals surface area (Å²) in [6.45, 7) is 0. The molecule has 1 heterocycles. The van der Waals surface area contributed by atoms with Gasteiger partial charge in [-0.15, -0.1) is 0 Å². The second kappa shape index (κ2) is 7.49. The Balaban J connectivity index is 1.96. The van der Waals surface area contributed by atoms with E-state index in [0.29, 0.717) is 11.5 Å². The molecule has 0 aliphatic rings. The van der Waals surface area contributed by atoms with Crippen molar-refractivity contribution < 1.29 is 9.47 Å². The quantitative estimate of drug-likeness (QED) is 0.637. The molecule has 0 amide bonds. The second-order valence-corrected chi connectivity index (χ2v) is 6.00. The minimum atomic E-state index is 0.647. The first-order valence-corrected chi connectivity index (χ1v) is 8.66. The number of rotatable bonds is 6. The van der Waals surface area contributed by atoms with Crippen molar-refractivity contribution in [2.24, 2.45) is 0 Å². The van der Waals surface area contributed by atoms with Gasteiger partial charge in [-0.3, -0.25) is 0 Å². The predicted molar refractivity (Wildman–Crippen MR) is 99.9 cm³/mol. The van der Waals surface area contributed by atoms with Gasteiger partial charge in [0.1, 0.15) is 12.1 Å². The van der Waals surface area contributed by atoms with Gasteiger partial charge in [-0.05, 0) is 30.2 Å². The molecular formula is C18H18BrN3O2. The van der Waals surface area contributed by atoms with Crippen LogP contribution in [0.15, 0.2) is 42.7 Å². The number of alkyl halides is 1. The Hall–Kier alpha value is -2.34. The Morgan fingerprint density at radius 1 is 1.00 bits per heavy atom. The van der Waals surface area contributed by atoms with Gasteiger partial charge in [-0.1, -0.05) is 28.1 Å². The lowest BCUT2D eigenvalue weighted by Gasteiger charge is -2.12. The van der Waals surface area contributed by atoms with Crippen molar-refractivity contribution in [2.45, 2.75) is 6.42 Å². The first-order valence-electron chi connectivity index (χ1n) is 7.54. The monoisotopic (exact) mass is 387 g/mol. The summed E-state index contributed by atoms with van der Waals surface area (Å²) in [5.41, 5.74) is 3.06. The SMILES string of the molecule is COc1cc2ncnc(Nc3ccc(CCBr)cc3)c2cc1OC. The van der Waals surface area contributed by atoms with Gasteiger partial charge in [0.15, 0.2) is 11.5 Å². The molecule has 0 spiro atoms. The normalized spacial score (nSPS) is 10.6. The van der Waals surface area contributed by atoms with Crippen LogP contribution < -0.4 is 14.8 Å². The van der Waals surface area contributed by atoms with Crippen molar-refractivity contribution in [3.8, 4) is 11.5 Å². The molecule has 124 valence electrons. The van der Waals surface area contributed by atoms with E-state index in [1.165, 1.54) is 11.9 Å². The zero-order valence-corrected chi connectivity index (χ0v) is 15.1. The molecule has 24 heavy (non-hydrogen) atoms. The minimum absolute atomic E-state index is 0.647. The molecule has 0 radical (unpaired) electrons. The fourth-order valence-corrected chi connectivity index (χ4v) is 2.94. The van der Waals surface area contributed by atoms with E-state index < -0.39 is 0 Å². The topological polar surface area (TPSA) is 56.3 Å². The maximum atomic E-state index is 5.38. The largest absolute Gasteiger partial charge is 0.493 e. The van der Waals surface area contributed by atoms with Crippen molar-refractivity contribution in [3.05, 3.63) is 48.3 Å². The highest BCUT2D eigenvalue weighted by Gasteiger charge is 2.11. The number of benzene rings is 2. The van der Waals surface area contributed by atoms with Gasteiger partial charge >= 0.3 is 0 Å². The highest BCUT2D eigenvalue weighted by Crippen LogP contribution is 2.34. The number of hydrogen-bond acceptors (Lipinski definition) is 5. The Morgan fingerprint density at radius 2 is 1.71 bits per heavy atom. The fraction of sp³-hybridized carbons (Fsp3) is 0.222. The number of anilines is 2. The summed E-state index contributed by atoms with van der Waals surface area (Å²) in [5, 5.41) is 5.18. The van der Waals surface area contributed by atoms with E-state index >= 15 is 0 Å². The lowest BCUT2D eigenvalue weighted by molar-refractivity contribution is 0.356. The summed E-state index contributed by atoms with van der Waals surface area (Å²) in [4.78, 5) is 8.68. The summed E-state index contributed by atoms with van der Waals surface area (Å²) in [6.07, 6.45) is 2.55. The van der Waals surface area contributed by atoms with E-state index in [-0.39, 0.29) is 0 Å². The lowest BCUT2D eigenvalue weighted by Crippen LogP contribution is -1.98. The molecule has 5 nitrogen and oxygen atoms in total. The average molecular weight is 388 g/mol. The number of hydrogen-bond donors (Lipinski definition) is 1. The number of aromatic nitrogens is 2. The van der Waals surface area contributed by atoms with Crippen LogP contribution in [0, 0.1) is 0 Å². The van der Waals surface area contributed by atoms with Crippen molar-refractivity contribution >= 4 is 38.3 Å². The zero-order valence-electron chi connectivity index (χ0n) is 13.5. The average Bonchev–Trinajstić information content (AvgIpc) is 2.62. The minimum Gasteiger partial charge on any atom is -0.493 e. The van der Waals surface area contributed by atoms with Gasteiger partial charge in [0.25, 0.3) is 0 Å². The summed E-state index contributed by atoms with van der Waals surface area (Å²) in [6, 6.07) is 12.0. The molecule has 0 saturated carbocycles. The first kappa shape index (κ1) is 16.5. The number of nitrogens with one attached hydrogen (secondary N) is 1. The number of aryl methyl sites for hydroxylation is 1. The molecule has 0 aliphatic carbocycles. The molecule has 3 rings (SSSR count). The molecule has 2 aromatic carbocycles. The van der Waals surface area contributed by atoms with Gasteiger partial charge in [-0.2, -0.15) is 0 Å². The summed E-state index contributed by atoms with van der Waals surface area (Å²) in [7, 11) is 3.22. The van der Waals surface area contributed by atoms with E-state index in [0.717, 1.165) is 34.2 Å². The molecule has 0 fully saturated rings. The molecule has 0 saturated heterocycles. The molecule has 3 aromatic rings. The van der Waals surface area contributed by atoms with E-state index in [4.69, 9.17) is 9.47 Å². The Bertz CT molecular complexity index is 838. The van der Waals surface area contributed by atoms with Gasteiger partial charge < -0.3 is 14.8 Å². The Morgan fingerprint density at radius 3 is 2.38 bits per heavy atom. The maximum absolute atomic E-state index is 5.38. The third-order valence-corrected chi connectivity index (χ3v) is 4.14. The molecule has 1 aromatic heterocycles. The number of fused-ring (bicyclic) bond motifs is 1. The fourth-order valence-electron chi connectivity index (χ4n) is 2.48. The highest BCUT2D eigenvalue weighted by atomic mass is 79.9. The molecule has 0 unspecified atom stereocenters. The van der Waals surface area contributed by atoms with Crippen LogP contribution in [-0.4, -0.2) is 29.5 Å².